The van der Waals surface area contributed by atoms with Crippen molar-refractivity contribution in [3.8, 4) is 0 Å². The molecule has 0 aromatic carbocycles. The molecule has 18 heavy (non-hydrogen) atoms. The summed E-state index contributed by atoms with van der Waals surface area (Å²) in [7, 11) is 0. The molecule has 2 fully saturated rings. The fourth-order valence-corrected chi connectivity index (χ4v) is 2.64. The van der Waals surface area contributed by atoms with Crippen molar-refractivity contribution in [3.63, 3.8) is 0 Å². The van der Waals surface area contributed by atoms with Gasteiger partial charge in [0.2, 0.25) is 5.91 Å². The van der Waals surface area contributed by atoms with Crippen LogP contribution in [0.25, 0.3) is 0 Å². The maximum atomic E-state index is 12.4. The Morgan fingerprint density at radius 1 is 1.28 bits per heavy atom. The number of carbonyl (C=O) groups excluding carboxylic acids is 1. The highest BCUT2D eigenvalue weighted by atomic mass is 19.4. The van der Waals surface area contributed by atoms with Crippen LogP contribution >= 0.6 is 0 Å². The van der Waals surface area contributed by atoms with Crippen LogP contribution in [0.1, 0.15) is 32.6 Å². The van der Waals surface area contributed by atoms with Crippen LogP contribution in [0.2, 0.25) is 0 Å². The Hall–Kier alpha value is -0.780. The van der Waals surface area contributed by atoms with Crippen LogP contribution in [0.15, 0.2) is 0 Å². The number of amides is 1. The molecule has 1 amide bonds. The molecule has 1 saturated heterocycles. The molecule has 1 aliphatic heterocycles. The number of nitrogens with one attached hydrogen (secondary N) is 1. The average Bonchev–Trinajstić information content (AvgIpc) is 2.98. The van der Waals surface area contributed by atoms with E-state index in [9.17, 15) is 18.0 Å². The van der Waals surface area contributed by atoms with Crippen molar-refractivity contribution in [2.24, 2.45) is 5.92 Å². The molecule has 2 atom stereocenters. The van der Waals surface area contributed by atoms with E-state index in [-0.39, 0.29) is 18.5 Å². The summed E-state index contributed by atoms with van der Waals surface area (Å²) in [5.74, 6) is -0.608. The minimum absolute atomic E-state index is 0.0162. The average molecular weight is 264 g/mol. The summed E-state index contributed by atoms with van der Waals surface area (Å²) in [5.41, 5.74) is 0. The summed E-state index contributed by atoms with van der Waals surface area (Å²) in [6.07, 6.45) is -2.23. The van der Waals surface area contributed by atoms with Gasteiger partial charge in [0.15, 0.2) is 0 Å². The van der Waals surface area contributed by atoms with Crippen molar-refractivity contribution < 1.29 is 18.0 Å². The lowest BCUT2D eigenvalue weighted by atomic mass is 9.91. The summed E-state index contributed by atoms with van der Waals surface area (Å²) >= 11 is 0. The minimum atomic E-state index is -4.14. The van der Waals surface area contributed by atoms with Gasteiger partial charge in [-0.3, -0.25) is 4.79 Å². The number of nitrogens with zero attached hydrogens (tertiary/aromatic N) is 1. The molecule has 6 heteroatoms. The molecule has 0 bridgehead atoms. The van der Waals surface area contributed by atoms with E-state index in [0.717, 1.165) is 12.8 Å². The van der Waals surface area contributed by atoms with Gasteiger partial charge in [0.05, 0.1) is 0 Å². The third kappa shape index (κ3) is 4.15. The summed E-state index contributed by atoms with van der Waals surface area (Å²) in [6.45, 7) is 2.20. The highest BCUT2D eigenvalue weighted by Crippen LogP contribution is 2.31. The number of likely N-dealkylation sites (tertiary alicyclic amines) is 1. The first-order valence-corrected chi connectivity index (χ1v) is 6.42. The van der Waals surface area contributed by atoms with Gasteiger partial charge in [0.1, 0.15) is 0 Å². The van der Waals surface area contributed by atoms with Crippen LogP contribution in [0.3, 0.4) is 0 Å². The summed E-state index contributed by atoms with van der Waals surface area (Å²) in [6, 6.07) is 0.468. The lowest BCUT2D eigenvalue weighted by Gasteiger charge is -2.38. The van der Waals surface area contributed by atoms with Gasteiger partial charge in [-0.25, -0.2) is 0 Å². The summed E-state index contributed by atoms with van der Waals surface area (Å²) in [5, 5.41) is 3.33. The first-order valence-electron chi connectivity index (χ1n) is 6.42. The summed E-state index contributed by atoms with van der Waals surface area (Å²) < 4.78 is 37.3. The molecule has 1 aliphatic carbocycles. The van der Waals surface area contributed by atoms with Crippen LogP contribution in [-0.4, -0.2) is 42.2 Å². The van der Waals surface area contributed by atoms with Gasteiger partial charge in [-0.2, -0.15) is 13.2 Å². The van der Waals surface area contributed by atoms with Gasteiger partial charge >= 0.3 is 6.18 Å². The zero-order valence-electron chi connectivity index (χ0n) is 10.5. The van der Waals surface area contributed by atoms with Crippen LogP contribution < -0.4 is 5.32 Å². The predicted octanol–water partition coefficient (Wildman–Crippen LogP) is 1.93. The maximum Gasteiger partial charge on any atom is 0.389 e. The molecule has 2 rings (SSSR count). The quantitative estimate of drug-likeness (QED) is 0.844. The molecule has 1 heterocycles. The minimum Gasteiger partial charge on any atom is -0.341 e. The van der Waals surface area contributed by atoms with Crippen molar-refractivity contribution in [2.45, 2.75) is 50.9 Å². The standard InChI is InChI=1S/C12H19F3N2O/c1-8(18)17-6-9(5-12(13,14)15)4-11(7-17)16-10-2-3-10/h9-11,16H,2-7H2,1H3. The zero-order valence-corrected chi connectivity index (χ0v) is 10.5. The number of piperidine rings is 1. The zero-order chi connectivity index (χ0) is 13.3. The first kappa shape index (κ1) is 13.6. The second-order valence-electron chi connectivity index (χ2n) is 5.48. The highest BCUT2D eigenvalue weighted by Gasteiger charge is 2.38. The Balaban J connectivity index is 1.94. The van der Waals surface area contributed by atoms with Gasteiger partial charge in [-0.1, -0.05) is 0 Å². The fraction of sp³-hybridized carbons (Fsp3) is 0.917. The molecule has 0 radical (unpaired) electrons. The maximum absolute atomic E-state index is 12.4. The fourth-order valence-electron chi connectivity index (χ4n) is 2.64. The van der Waals surface area contributed by atoms with E-state index in [0.29, 0.717) is 19.0 Å². The lowest BCUT2D eigenvalue weighted by molar-refractivity contribution is -0.152. The predicted molar refractivity (Wildman–Crippen MR) is 61.0 cm³/mol. The van der Waals surface area contributed by atoms with Crippen molar-refractivity contribution in [1.29, 1.82) is 0 Å². The number of hydrogen-bond donors (Lipinski definition) is 1. The van der Waals surface area contributed by atoms with E-state index in [2.05, 4.69) is 5.32 Å². The molecule has 2 aliphatic rings. The van der Waals surface area contributed by atoms with Crippen molar-refractivity contribution in [2.75, 3.05) is 13.1 Å². The Kier molecular flexibility index (Phi) is 3.84. The molecule has 0 spiro atoms. The van der Waals surface area contributed by atoms with Gasteiger partial charge in [0, 0.05) is 38.5 Å². The van der Waals surface area contributed by atoms with E-state index >= 15 is 0 Å². The molecular weight excluding hydrogens is 245 g/mol. The van der Waals surface area contributed by atoms with Crippen LogP contribution in [0.5, 0.6) is 0 Å². The van der Waals surface area contributed by atoms with E-state index in [1.54, 1.807) is 4.90 Å². The van der Waals surface area contributed by atoms with Gasteiger partial charge in [-0.15, -0.1) is 0 Å². The Morgan fingerprint density at radius 2 is 1.94 bits per heavy atom. The number of hydrogen-bond acceptors (Lipinski definition) is 2. The smallest absolute Gasteiger partial charge is 0.341 e. The molecule has 1 N–H and O–H groups in total. The highest BCUT2D eigenvalue weighted by molar-refractivity contribution is 5.73. The molecule has 1 saturated carbocycles. The first-order chi connectivity index (χ1) is 8.33. The number of alkyl halides is 3. The lowest BCUT2D eigenvalue weighted by Crippen LogP contribution is -2.51. The monoisotopic (exact) mass is 264 g/mol. The second-order valence-corrected chi connectivity index (χ2v) is 5.48. The van der Waals surface area contributed by atoms with E-state index in [1.165, 1.54) is 6.92 Å². The second kappa shape index (κ2) is 5.07. The topological polar surface area (TPSA) is 32.3 Å². The SMILES string of the molecule is CC(=O)N1CC(CC(F)(F)F)CC(NC2CC2)C1. The Bertz CT molecular complexity index is 315. The number of rotatable bonds is 3. The molecule has 0 aromatic rings. The van der Waals surface area contributed by atoms with Gasteiger partial charge < -0.3 is 10.2 Å². The molecular formula is C12H19F3N2O. The molecule has 0 aromatic heterocycles. The third-order valence-electron chi connectivity index (χ3n) is 3.55. The van der Waals surface area contributed by atoms with Crippen LogP contribution in [0, 0.1) is 5.92 Å². The number of halogens is 3. The molecule has 104 valence electrons. The molecule has 3 nitrogen and oxygen atoms in total. The van der Waals surface area contributed by atoms with Crippen molar-refractivity contribution in [3.05, 3.63) is 0 Å². The van der Waals surface area contributed by atoms with Gasteiger partial charge in [-0.05, 0) is 25.2 Å². The third-order valence-corrected chi connectivity index (χ3v) is 3.55. The van der Waals surface area contributed by atoms with E-state index in [4.69, 9.17) is 0 Å². The normalized spacial score (nSPS) is 29.4. The summed E-state index contributed by atoms with van der Waals surface area (Å²) in [4.78, 5) is 12.9. The van der Waals surface area contributed by atoms with Crippen molar-refractivity contribution in [1.82, 2.24) is 10.2 Å². The Labute approximate surface area is 105 Å². The van der Waals surface area contributed by atoms with E-state index < -0.39 is 18.5 Å². The van der Waals surface area contributed by atoms with Crippen molar-refractivity contribution >= 4 is 5.91 Å². The number of carbonyl (C=O) groups is 1. The van der Waals surface area contributed by atoms with Gasteiger partial charge in [0.25, 0.3) is 0 Å². The van der Waals surface area contributed by atoms with Crippen LogP contribution in [0.4, 0.5) is 13.2 Å². The van der Waals surface area contributed by atoms with E-state index in [1.807, 2.05) is 0 Å². The largest absolute Gasteiger partial charge is 0.389 e. The Morgan fingerprint density at radius 3 is 2.44 bits per heavy atom. The van der Waals surface area contributed by atoms with Crippen LogP contribution in [-0.2, 0) is 4.79 Å². The molecule has 2 unspecified atom stereocenters.